The molecule has 4 nitrogen and oxygen atoms in total. The van der Waals surface area contributed by atoms with Gasteiger partial charge in [-0.05, 0) is 36.4 Å². The molecule has 8 heteroatoms. The number of esters is 1. The number of hydrogen-bond donors (Lipinski definition) is 0. The zero-order valence-corrected chi connectivity index (χ0v) is 12.3. The number of rotatable bonds is 4. The fraction of sp³-hybridized carbons (Fsp3) is 0.455. The van der Waals surface area contributed by atoms with Gasteiger partial charge in [-0.25, -0.2) is 0 Å². The number of alkyl halides is 3. The van der Waals surface area contributed by atoms with E-state index >= 15 is 0 Å². The van der Waals surface area contributed by atoms with Crippen LogP contribution in [0.25, 0.3) is 0 Å². The monoisotopic (exact) mass is 389 g/mol. The van der Waals surface area contributed by atoms with Crippen molar-refractivity contribution in [2.24, 2.45) is 0 Å². The predicted octanol–water partition coefficient (Wildman–Crippen LogP) is 3.00. The van der Waals surface area contributed by atoms with E-state index in [0.29, 0.717) is 5.69 Å². The van der Waals surface area contributed by atoms with E-state index in [4.69, 9.17) is 4.74 Å². The Morgan fingerprint density at radius 1 is 1.47 bits per heavy atom. The van der Waals surface area contributed by atoms with E-state index in [9.17, 15) is 18.0 Å². The largest absolute Gasteiger partial charge is 0.573 e. The Morgan fingerprint density at radius 2 is 2.11 bits per heavy atom. The topological polar surface area (TPSA) is 48.4 Å². The molecular formula is C11H11F3INO3. The van der Waals surface area contributed by atoms with Crippen LogP contribution < -0.4 is 4.74 Å². The first-order chi connectivity index (χ1) is 8.74. The molecule has 1 aromatic rings. The number of aryl methyl sites for hydroxylation is 1. The van der Waals surface area contributed by atoms with Crippen LogP contribution in [0.2, 0.25) is 0 Å². The molecule has 0 N–H and O–H groups in total. The van der Waals surface area contributed by atoms with E-state index in [1.54, 1.807) is 29.5 Å². The first-order valence-corrected chi connectivity index (χ1v) is 6.37. The third kappa shape index (κ3) is 4.84. The van der Waals surface area contributed by atoms with Crippen LogP contribution in [0.15, 0.2) is 6.20 Å². The lowest BCUT2D eigenvalue weighted by molar-refractivity contribution is -0.275. The number of nitrogens with zero attached hydrogens (tertiary/aromatic N) is 1. The quantitative estimate of drug-likeness (QED) is 0.587. The molecule has 1 heterocycles. The zero-order valence-electron chi connectivity index (χ0n) is 10.2. The van der Waals surface area contributed by atoms with Crippen LogP contribution in [0.5, 0.6) is 5.75 Å². The minimum atomic E-state index is -4.82. The van der Waals surface area contributed by atoms with Gasteiger partial charge < -0.3 is 9.47 Å². The Hall–Kier alpha value is -1.06. The molecule has 0 unspecified atom stereocenters. The number of pyridine rings is 1. The molecule has 0 aromatic carbocycles. The summed E-state index contributed by atoms with van der Waals surface area (Å²) in [6, 6.07) is 0. The molecule has 1 rings (SSSR count). The van der Waals surface area contributed by atoms with Crippen molar-refractivity contribution in [1.82, 2.24) is 4.98 Å². The number of ether oxygens (including phenoxy) is 2. The summed E-state index contributed by atoms with van der Waals surface area (Å²) < 4.78 is 45.9. The maximum Gasteiger partial charge on any atom is 0.573 e. The van der Waals surface area contributed by atoms with Crippen molar-refractivity contribution in [2.45, 2.75) is 26.6 Å². The van der Waals surface area contributed by atoms with Gasteiger partial charge in [0.15, 0.2) is 0 Å². The van der Waals surface area contributed by atoms with E-state index in [2.05, 4.69) is 9.72 Å². The smallest absolute Gasteiger partial charge is 0.466 e. The molecule has 0 fully saturated rings. The number of halogens is 4. The summed E-state index contributed by atoms with van der Waals surface area (Å²) in [5, 5.41) is 0. The Labute approximate surface area is 121 Å². The SMILES string of the molecule is CCOC(=O)Cc1c(C)ncc(I)c1OC(F)(F)F. The lowest BCUT2D eigenvalue weighted by Crippen LogP contribution is -2.20. The fourth-order valence-electron chi connectivity index (χ4n) is 1.39. The molecule has 0 radical (unpaired) electrons. The van der Waals surface area contributed by atoms with E-state index in [-0.39, 0.29) is 22.2 Å². The van der Waals surface area contributed by atoms with Gasteiger partial charge in [0.25, 0.3) is 0 Å². The lowest BCUT2D eigenvalue weighted by atomic mass is 10.1. The van der Waals surface area contributed by atoms with E-state index in [0.717, 1.165) is 0 Å². The van der Waals surface area contributed by atoms with Crippen molar-refractivity contribution in [3.8, 4) is 5.75 Å². The van der Waals surface area contributed by atoms with Gasteiger partial charge in [0.1, 0.15) is 5.75 Å². The number of carbonyl (C=O) groups is 1. The summed E-state index contributed by atoms with van der Waals surface area (Å²) in [7, 11) is 0. The van der Waals surface area contributed by atoms with Crippen LogP contribution in [0.1, 0.15) is 18.2 Å². The van der Waals surface area contributed by atoms with Crippen LogP contribution in [-0.2, 0) is 16.0 Å². The highest BCUT2D eigenvalue weighted by Crippen LogP contribution is 2.32. The van der Waals surface area contributed by atoms with Crippen molar-refractivity contribution in [1.29, 1.82) is 0 Å². The van der Waals surface area contributed by atoms with Crippen molar-refractivity contribution < 1.29 is 27.4 Å². The summed E-state index contributed by atoms with van der Waals surface area (Å²) in [6.07, 6.45) is -3.88. The Bertz CT molecular complexity index is 477. The van der Waals surface area contributed by atoms with Gasteiger partial charge in [-0.2, -0.15) is 0 Å². The summed E-state index contributed by atoms with van der Waals surface area (Å²) >= 11 is 1.67. The van der Waals surface area contributed by atoms with Gasteiger partial charge >= 0.3 is 12.3 Å². The average Bonchev–Trinajstić information content (AvgIpc) is 2.27. The minimum absolute atomic E-state index is 0.0858. The van der Waals surface area contributed by atoms with Gasteiger partial charge in [0.2, 0.25) is 0 Å². The number of carbonyl (C=O) groups excluding carboxylic acids is 1. The van der Waals surface area contributed by atoms with Gasteiger partial charge in [0.05, 0.1) is 16.6 Å². The second-order valence-electron chi connectivity index (χ2n) is 3.53. The maximum atomic E-state index is 12.4. The fourth-order valence-corrected chi connectivity index (χ4v) is 1.96. The highest BCUT2D eigenvalue weighted by Gasteiger charge is 2.34. The molecule has 0 amide bonds. The van der Waals surface area contributed by atoms with Gasteiger partial charge in [-0.15, -0.1) is 13.2 Å². The van der Waals surface area contributed by atoms with Crippen LogP contribution in [0.3, 0.4) is 0 Å². The third-order valence-corrected chi connectivity index (χ3v) is 2.91. The van der Waals surface area contributed by atoms with Gasteiger partial charge in [-0.1, -0.05) is 0 Å². The first kappa shape index (κ1) is 16.0. The van der Waals surface area contributed by atoms with E-state index in [1.165, 1.54) is 13.1 Å². The first-order valence-electron chi connectivity index (χ1n) is 5.30. The summed E-state index contributed by atoms with van der Waals surface area (Å²) in [4.78, 5) is 15.3. The number of hydrogen-bond acceptors (Lipinski definition) is 4. The zero-order chi connectivity index (χ0) is 14.6. The highest BCUT2D eigenvalue weighted by molar-refractivity contribution is 14.1. The van der Waals surface area contributed by atoms with Crippen LogP contribution in [0, 0.1) is 10.5 Å². The molecular weight excluding hydrogens is 378 g/mol. The van der Waals surface area contributed by atoms with Crippen LogP contribution in [-0.4, -0.2) is 23.9 Å². The predicted molar refractivity (Wildman–Crippen MR) is 68.7 cm³/mol. The third-order valence-electron chi connectivity index (χ3n) is 2.14. The molecule has 1 aromatic heterocycles. The van der Waals surface area contributed by atoms with Crippen molar-refractivity contribution in [2.75, 3.05) is 6.61 Å². The van der Waals surface area contributed by atoms with Crippen molar-refractivity contribution in [3.05, 3.63) is 21.0 Å². The van der Waals surface area contributed by atoms with Gasteiger partial charge in [-0.3, -0.25) is 9.78 Å². The molecule has 19 heavy (non-hydrogen) atoms. The molecule has 0 aliphatic rings. The van der Waals surface area contributed by atoms with Crippen molar-refractivity contribution >= 4 is 28.6 Å². The van der Waals surface area contributed by atoms with Gasteiger partial charge in [0, 0.05) is 17.5 Å². The second kappa shape index (κ2) is 6.40. The molecule has 0 bridgehead atoms. The number of aromatic nitrogens is 1. The average molecular weight is 389 g/mol. The molecule has 0 spiro atoms. The summed E-state index contributed by atoms with van der Waals surface area (Å²) in [5.74, 6) is -1.02. The van der Waals surface area contributed by atoms with Crippen LogP contribution in [0.4, 0.5) is 13.2 Å². The van der Waals surface area contributed by atoms with E-state index in [1.807, 2.05) is 0 Å². The molecule has 106 valence electrons. The second-order valence-corrected chi connectivity index (χ2v) is 4.69. The normalized spacial score (nSPS) is 11.3. The van der Waals surface area contributed by atoms with E-state index < -0.39 is 18.1 Å². The Morgan fingerprint density at radius 3 is 2.63 bits per heavy atom. The van der Waals surface area contributed by atoms with Crippen molar-refractivity contribution in [3.63, 3.8) is 0 Å². The molecule has 0 saturated carbocycles. The Kier molecular flexibility index (Phi) is 5.39. The minimum Gasteiger partial charge on any atom is -0.466 e. The Balaban J connectivity index is 3.13. The van der Waals surface area contributed by atoms with Crippen LogP contribution >= 0.6 is 22.6 Å². The molecule has 0 saturated heterocycles. The highest BCUT2D eigenvalue weighted by atomic mass is 127. The lowest BCUT2D eigenvalue weighted by Gasteiger charge is -2.15. The summed E-state index contributed by atoms with van der Waals surface area (Å²) in [5.41, 5.74) is 0.385. The molecule has 0 aliphatic carbocycles. The molecule has 0 atom stereocenters. The standard InChI is InChI=1S/C11H11F3INO3/c1-3-18-9(17)4-7-6(2)16-5-8(15)10(7)19-11(12,13)14/h5H,3-4H2,1-2H3. The molecule has 0 aliphatic heterocycles. The maximum absolute atomic E-state index is 12.4. The summed E-state index contributed by atoms with van der Waals surface area (Å²) in [6.45, 7) is 3.28.